The molecule has 0 radical (unpaired) electrons. The maximum absolute atomic E-state index is 13.6. The molecule has 0 atom stereocenters. The first kappa shape index (κ1) is 29.9. The smallest absolute Gasteiger partial charge is 0.198 e. The van der Waals surface area contributed by atoms with Gasteiger partial charge in [-0.2, -0.15) is 10.5 Å². The van der Waals surface area contributed by atoms with Crippen molar-refractivity contribution in [2.45, 2.75) is 114 Å². The minimum atomic E-state index is -2.38. The van der Waals surface area contributed by atoms with Gasteiger partial charge in [0.1, 0.15) is 9.70 Å². The zero-order chi connectivity index (χ0) is 24.2. The van der Waals surface area contributed by atoms with Crippen LogP contribution < -0.4 is 0 Å². The van der Waals surface area contributed by atoms with E-state index in [1.54, 1.807) is 0 Å². The average molecular weight is 504 g/mol. The summed E-state index contributed by atoms with van der Waals surface area (Å²) in [6.07, 6.45) is 1.98. The van der Waals surface area contributed by atoms with Crippen molar-refractivity contribution in [3.63, 3.8) is 0 Å². The van der Waals surface area contributed by atoms with Crippen LogP contribution in [0.3, 0.4) is 0 Å². The van der Waals surface area contributed by atoms with Gasteiger partial charge in [0.05, 0.1) is 44.4 Å². The van der Waals surface area contributed by atoms with E-state index in [1.807, 2.05) is 0 Å². The van der Waals surface area contributed by atoms with Crippen LogP contribution in [-0.2, 0) is 13.6 Å². The van der Waals surface area contributed by atoms with Crippen LogP contribution in [0.4, 0.5) is 0 Å². The zero-order valence-corrected chi connectivity index (χ0v) is 26.3. The van der Waals surface area contributed by atoms with Crippen molar-refractivity contribution < 1.29 is 13.6 Å². The Balaban J connectivity index is 6.39. The monoisotopic (exact) mass is 503 g/mol. The van der Waals surface area contributed by atoms with Crippen molar-refractivity contribution in [2.24, 2.45) is 0 Å². The molecule has 5 nitrogen and oxygen atoms in total. The van der Waals surface area contributed by atoms with Gasteiger partial charge in [-0.1, -0.05) is 78.6 Å². The highest BCUT2D eigenvalue weighted by atomic mass is 31.1. The van der Waals surface area contributed by atoms with E-state index in [0.717, 1.165) is 0 Å². The van der Waals surface area contributed by atoms with Gasteiger partial charge >= 0.3 is 8.25 Å². The van der Waals surface area contributed by atoms with Gasteiger partial charge in [0.15, 0.2) is 0 Å². The predicted molar refractivity (Wildman–Crippen MR) is 138 cm³/mol. The number of nitriles is 2. The molecule has 0 rings (SSSR count). The highest BCUT2D eigenvalue weighted by Crippen LogP contribution is 2.51. The molecule has 10 heteroatoms. The molecule has 0 aromatic carbocycles. The van der Waals surface area contributed by atoms with Gasteiger partial charge in [0.2, 0.25) is 0 Å². The zero-order valence-electron chi connectivity index (χ0n) is 21.4. The van der Waals surface area contributed by atoms with E-state index in [9.17, 15) is 15.1 Å². The minimum Gasteiger partial charge on any atom is -0.198 e. The Morgan fingerprint density at radius 1 is 0.633 bits per heavy atom. The number of hydrogen-bond acceptors (Lipinski definition) is 5. The van der Waals surface area contributed by atoms with Crippen molar-refractivity contribution >= 4 is 40.6 Å². The van der Waals surface area contributed by atoms with Gasteiger partial charge in [-0.15, -0.1) is 9.05 Å². The van der Waals surface area contributed by atoms with Gasteiger partial charge in [0, 0.05) is 17.4 Å². The van der Waals surface area contributed by atoms with E-state index in [-0.39, 0.29) is 0 Å². The Bertz CT molecular complexity index is 604. The SMILES string of the molecule is C[Si](C)(C)C(CCC#N)(O[P+](=O)OC(CCC#N)([Si](C)(C)C)[Si](C)(C)C)[Si](C)(C)C. The molecule has 0 saturated carbocycles. The molecule has 0 spiro atoms. The van der Waals surface area contributed by atoms with Gasteiger partial charge < -0.3 is 0 Å². The highest BCUT2D eigenvalue weighted by Gasteiger charge is 2.63. The molecule has 30 heavy (non-hydrogen) atoms. The largest absolute Gasteiger partial charge is 0.697 e. The number of nitrogens with zero attached hydrogens (tertiary/aromatic N) is 2. The quantitative estimate of drug-likeness (QED) is 0.206. The highest BCUT2D eigenvalue weighted by molar-refractivity contribution is 7.34. The molecule has 0 N–H and O–H groups in total. The predicted octanol–water partition coefficient (Wildman–Crippen LogP) is 7.27. The molecular formula is C20H44N2O3PSi4+. The second-order valence-corrected chi connectivity index (χ2v) is 35.4. The van der Waals surface area contributed by atoms with Crippen LogP contribution in [0.1, 0.15) is 25.7 Å². The Hall–Kier alpha value is -0.132. The molecule has 0 unspecified atom stereocenters. The molecule has 0 bridgehead atoms. The normalized spacial score (nSPS) is 14.2. The average Bonchev–Trinajstić information content (AvgIpc) is 2.50. The summed E-state index contributed by atoms with van der Waals surface area (Å²) in [4.78, 5) is -1.05. The lowest BCUT2D eigenvalue weighted by Crippen LogP contribution is -2.68. The van der Waals surface area contributed by atoms with Gasteiger partial charge in [-0.25, -0.2) is 0 Å². The van der Waals surface area contributed by atoms with Crippen LogP contribution >= 0.6 is 8.25 Å². The first-order valence-electron chi connectivity index (χ1n) is 10.8. The summed E-state index contributed by atoms with van der Waals surface area (Å²) in [5.41, 5.74) is 0. The number of hydrogen-bond donors (Lipinski definition) is 0. The summed E-state index contributed by atoms with van der Waals surface area (Å²) in [6, 6.07) is 4.54. The fraction of sp³-hybridized carbons (Fsp3) is 0.900. The second kappa shape index (κ2) is 10.2. The molecular weight excluding hydrogens is 460 g/mol. The maximum Gasteiger partial charge on any atom is 0.697 e. The van der Waals surface area contributed by atoms with Crippen molar-refractivity contribution in [1.82, 2.24) is 0 Å². The molecule has 0 fully saturated rings. The van der Waals surface area contributed by atoms with E-state index in [2.05, 4.69) is 90.7 Å². The summed E-state index contributed by atoms with van der Waals surface area (Å²) >= 11 is 0. The van der Waals surface area contributed by atoms with E-state index >= 15 is 0 Å². The first-order chi connectivity index (χ1) is 13.2. The van der Waals surface area contributed by atoms with Crippen LogP contribution in [0.5, 0.6) is 0 Å². The van der Waals surface area contributed by atoms with Crippen LogP contribution in [0, 0.1) is 22.7 Å². The van der Waals surface area contributed by atoms with Crippen molar-refractivity contribution in [3.8, 4) is 12.1 Å². The Morgan fingerprint density at radius 3 is 1.03 bits per heavy atom. The molecule has 0 aliphatic heterocycles. The van der Waals surface area contributed by atoms with Crippen molar-refractivity contribution in [3.05, 3.63) is 0 Å². The molecule has 0 aromatic heterocycles. The van der Waals surface area contributed by atoms with E-state index < -0.39 is 50.2 Å². The summed E-state index contributed by atoms with van der Waals surface area (Å²) < 4.78 is 26.6. The van der Waals surface area contributed by atoms with E-state index in [0.29, 0.717) is 25.7 Å². The van der Waals surface area contributed by atoms with Crippen LogP contribution in [0.2, 0.25) is 78.6 Å². The Labute approximate surface area is 190 Å². The second-order valence-electron chi connectivity index (χ2n) is 12.4. The fourth-order valence-corrected chi connectivity index (χ4v) is 32.6. The van der Waals surface area contributed by atoms with E-state index in [1.165, 1.54) is 0 Å². The van der Waals surface area contributed by atoms with Gasteiger partial charge in [-0.05, 0) is 12.8 Å². The third kappa shape index (κ3) is 6.45. The van der Waals surface area contributed by atoms with Crippen molar-refractivity contribution in [2.75, 3.05) is 0 Å². The van der Waals surface area contributed by atoms with Gasteiger partial charge in [0.25, 0.3) is 0 Å². The molecule has 0 aliphatic rings. The van der Waals surface area contributed by atoms with Crippen LogP contribution in [-0.4, -0.2) is 42.0 Å². The lowest BCUT2D eigenvalue weighted by molar-refractivity contribution is 0.131. The van der Waals surface area contributed by atoms with Crippen LogP contribution in [0.15, 0.2) is 0 Å². The summed E-state index contributed by atoms with van der Waals surface area (Å²) in [7, 11) is -10.3. The minimum absolute atomic E-state index is 0.388. The summed E-state index contributed by atoms with van der Waals surface area (Å²) in [5, 5.41) is 18.6. The third-order valence-electron chi connectivity index (χ3n) is 6.48. The molecule has 0 heterocycles. The molecule has 0 amide bonds. The Morgan fingerprint density at radius 2 is 0.867 bits per heavy atom. The Kier molecular flexibility index (Phi) is 10.2. The summed E-state index contributed by atoms with van der Waals surface area (Å²) in [5.74, 6) is 0. The maximum atomic E-state index is 13.6. The third-order valence-corrected chi connectivity index (χ3v) is 28.2. The van der Waals surface area contributed by atoms with Crippen LogP contribution in [0.25, 0.3) is 0 Å². The standard InChI is InChI=1S/C20H44N2O3PSi4/c1-27(2,3)19(15-13-17-21,28(4,5)6)24-26(23)25-20(16-14-18-22,29(7,8)9)30(10,11)12/h13-16H2,1-12H3/q+1. The molecule has 0 saturated heterocycles. The molecule has 0 aromatic rings. The molecule has 172 valence electrons. The van der Waals surface area contributed by atoms with E-state index in [4.69, 9.17) is 9.05 Å². The lowest BCUT2D eigenvalue weighted by atomic mass is 10.3. The first-order valence-corrected chi connectivity index (χ1v) is 25.9. The lowest BCUT2D eigenvalue weighted by Gasteiger charge is -2.48. The summed E-state index contributed by atoms with van der Waals surface area (Å²) in [6.45, 7) is 26.9. The van der Waals surface area contributed by atoms with Crippen molar-refractivity contribution in [1.29, 1.82) is 10.5 Å². The van der Waals surface area contributed by atoms with Gasteiger partial charge in [-0.3, -0.25) is 0 Å². The topological polar surface area (TPSA) is 83.1 Å². The number of rotatable bonds is 12. The molecule has 0 aliphatic carbocycles. The fourth-order valence-electron chi connectivity index (χ4n) is 5.13.